The van der Waals surface area contributed by atoms with Gasteiger partial charge in [-0.05, 0) is 0 Å². The minimum atomic E-state index is -2.63. The summed E-state index contributed by atoms with van der Waals surface area (Å²) in [5.74, 6) is -0.976. The summed E-state index contributed by atoms with van der Waals surface area (Å²) >= 11 is 0. The number of carbonyl (C=O) groups excluding carboxylic acids is 1. The number of rotatable bonds is 1. The van der Waals surface area contributed by atoms with Gasteiger partial charge >= 0.3 is 0 Å². The fourth-order valence-electron chi connectivity index (χ4n) is 0.416. The predicted octanol–water partition coefficient (Wildman–Crippen LogP) is 0.679. The molecule has 0 radical (unpaired) electrons. The molecule has 0 N–H and O–H groups in total. The van der Waals surface area contributed by atoms with Crippen molar-refractivity contribution in [3.8, 4) is 0 Å². The summed E-state index contributed by atoms with van der Waals surface area (Å²) in [6, 6.07) is 0. The van der Waals surface area contributed by atoms with E-state index in [4.69, 9.17) is 4.11 Å². The second kappa shape index (κ2) is 2.35. The molecule has 0 spiro atoms. The van der Waals surface area contributed by atoms with Crippen LogP contribution in [0.5, 0.6) is 0 Å². The van der Waals surface area contributed by atoms with Gasteiger partial charge in [-0.2, -0.15) is 0 Å². The van der Waals surface area contributed by atoms with E-state index in [0.717, 1.165) is 6.20 Å². The Morgan fingerprint density at radius 2 is 2.67 bits per heavy atom. The summed E-state index contributed by atoms with van der Waals surface area (Å²) < 4.78 is 20.4. The SMILES string of the molecule is [2H]C([2H])([2H])C(=O)c1cnccn1. The zero-order chi connectivity index (χ0) is 9.19. The van der Waals surface area contributed by atoms with Gasteiger partial charge in [-0.25, -0.2) is 4.98 Å². The van der Waals surface area contributed by atoms with Gasteiger partial charge in [-0.1, -0.05) is 0 Å². The Labute approximate surface area is 57.0 Å². The van der Waals surface area contributed by atoms with Gasteiger partial charge in [0.1, 0.15) is 5.69 Å². The minimum Gasteiger partial charge on any atom is -0.293 e. The molecule has 0 unspecified atom stereocenters. The molecule has 1 aromatic heterocycles. The maximum Gasteiger partial charge on any atom is 0.179 e. The van der Waals surface area contributed by atoms with Crippen molar-refractivity contribution in [2.75, 3.05) is 0 Å². The van der Waals surface area contributed by atoms with E-state index in [0.29, 0.717) is 0 Å². The van der Waals surface area contributed by atoms with Gasteiger partial charge in [0.25, 0.3) is 0 Å². The summed E-state index contributed by atoms with van der Waals surface area (Å²) in [7, 11) is 0. The molecular formula is C6H6N2O. The molecule has 9 heavy (non-hydrogen) atoms. The fraction of sp³-hybridized carbons (Fsp3) is 0.167. The van der Waals surface area contributed by atoms with Crippen molar-refractivity contribution < 1.29 is 8.91 Å². The van der Waals surface area contributed by atoms with E-state index >= 15 is 0 Å². The van der Waals surface area contributed by atoms with E-state index < -0.39 is 12.6 Å². The third-order valence-corrected chi connectivity index (χ3v) is 0.796. The average Bonchev–Trinajstić information content (AvgIpc) is 2.03. The molecule has 0 bridgehead atoms. The Bertz CT molecular complexity index is 283. The lowest BCUT2D eigenvalue weighted by Crippen LogP contribution is -1.95. The summed E-state index contributed by atoms with van der Waals surface area (Å²) in [4.78, 5) is 18.2. The quantitative estimate of drug-likeness (QED) is 0.518. The van der Waals surface area contributed by atoms with E-state index in [9.17, 15) is 4.79 Å². The van der Waals surface area contributed by atoms with Crippen molar-refractivity contribution in [3.63, 3.8) is 0 Å². The Morgan fingerprint density at radius 1 is 1.78 bits per heavy atom. The molecule has 1 rings (SSSR count). The first-order valence-corrected chi connectivity index (χ1v) is 2.32. The van der Waals surface area contributed by atoms with Crippen LogP contribution in [0.4, 0.5) is 0 Å². The second-order valence-electron chi connectivity index (χ2n) is 1.42. The standard InChI is InChI=1S/C6H6N2O/c1-5(9)6-4-7-2-3-8-6/h2-4H,1H3/i1D3. The molecule has 3 nitrogen and oxygen atoms in total. The van der Waals surface area contributed by atoms with Crippen LogP contribution < -0.4 is 0 Å². The molecule has 0 fully saturated rings. The molecule has 3 heteroatoms. The zero-order valence-electron chi connectivity index (χ0n) is 7.53. The van der Waals surface area contributed by atoms with Crippen molar-refractivity contribution in [2.45, 2.75) is 6.85 Å². The monoisotopic (exact) mass is 125 g/mol. The number of Topliss-reactive ketones (excluding diaryl/α,β-unsaturated/α-hetero) is 1. The number of hydrogen-bond acceptors (Lipinski definition) is 3. The van der Waals surface area contributed by atoms with Crippen LogP contribution in [0.3, 0.4) is 0 Å². The van der Waals surface area contributed by atoms with E-state index in [-0.39, 0.29) is 5.69 Å². The predicted molar refractivity (Wildman–Crippen MR) is 32.0 cm³/mol. The van der Waals surface area contributed by atoms with Crippen LogP contribution in [0.15, 0.2) is 18.6 Å². The Balaban J connectivity index is 2.94. The molecule has 0 amide bonds. The molecule has 0 aliphatic heterocycles. The highest BCUT2D eigenvalue weighted by molar-refractivity contribution is 5.91. The maximum absolute atomic E-state index is 11.0. The van der Waals surface area contributed by atoms with Crippen molar-refractivity contribution in [1.82, 2.24) is 9.97 Å². The Hall–Kier alpha value is -1.25. The molecule has 1 heterocycles. The molecule has 0 aliphatic carbocycles. The molecule has 0 aromatic carbocycles. The van der Waals surface area contributed by atoms with Crippen LogP contribution in [0.2, 0.25) is 0 Å². The van der Waals surface area contributed by atoms with Gasteiger partial charge in [0.15, 0.2) is 5.78 Å². The summed E-state index contributed by atoms with van der Waals surface area (Å²) in [6.07, 6.45) is 3.78. The molecule has 0 saturated heterocycles. The zero-order valence-corrected chi connectivity index (χ0v) is 4.53. The highest BCUT2D eigenvalue weighted by Crippen LogP contribution is 1.88. The van der Waals surface area contributed by atoms with Crippen molar-refractivity contribution in [2.24, 2.45) is 0 Å². The average molecular weight is 125 g/mol. The van der Waals surface area contributed by atoms with Crippen LogP contribution in [-0.2, 0) is 0 Å². The van der Waals surface area contributed by atoms with Crippen LogP contribution in [-0.4, -0.2) is 15.8 Å². The first-order valence-electron chi connectivity index (χ1n) is 3.82. The summed E-state index contributed by atoms with van der Waals surface area (Å²) in [5, 5.41) is 0. The lowest BCUT2D eigenvalue weighted by Gasteiger charge is -1.87. The third-order valence-electron chi connectivity index (χ3n) is 0.796. The van der Waals surface area contributed by atoms with Crippen molar-refractivity contribution in [1.29, 1.82) is 0 Å². The van der Waals surface area contributed by atoms with Gasteiger partial charge in [-0.15, -0.1) is 0 Å². The molecular weight excluding hydrogens is 116 g/mol. The van der Waals surface area contributed by atoms with E-state index in [1.165, 1.54) is 12.4 Å². The minimum absolute atomic E-state index is 0.127. The second-order valence-corrected chi connectivity index (χ2v) is 1.42. The van der Waals surface area contributed by atoms with Crippen LogP contribution in [0.1, 0.15) is 21.5 Å². The first-order chi connectivity index (χ1) is 5.52. The molecule has 46 valence electrons. The van der Waals surface area contributed by atoms with Crippen LogP contribution >= 0.6 is 0 Å². The normalized spacial score (nSPS) is 15.3. The molecule has 0 saturated carbocycles. The van der Waals surface area contributed by atoms with Gasteiger partial charge in [0, 0.05) is 23.4 Å². The molecule has 0 aliphatic rings. The largest absolute Gasteiger partial charge is 0.293 e. The Kier molecular flexibility index (Phi) is 0.797. The van der Waals surface area contributed by atoms with Crippen LogP contribution in [0, 0.1) is 0 Å². The number of carbonyl (C=O) groups is 1. The van der Waals surface area contributed by atoms with E-state index in [1.807, 2.05) is 0 Å². The summed E-state index contributed by atoms with van der Waals surface area (Å²) in [5.41, 5.74) is -0.127. The van der Waals surface area contributed by atoms with E-state index in [2.05, 4.69) is 9.97 Å². The van der Waals surface area contributed by atoms with Crippen molar-refractivity contribution >= 4 is 5.78 Å². The fourth-order valence-corrected chi connectivity index (χ4v) is 0.416. The van der Waals surface area contributed by atoms with Gasteiger partial charge in [-0.3, -0.25) is 9.78 Å². The van der Waals surface area contributed by atoms with Gasteiger partial charge in [0.05, 0.1) is 6.20 Å². The van der Waals surface area contributed by atoms with Crippen molar-refractivity contribution in [3.05, 3.63) is 24.3 Å². The lowest BCUT2D eigenvalue weighted by atomic mass is 10.3. The van der Waals surface area contributed by atoms with Gasteiger partial charge in [0.2, 0.25) is 0 Å². The number of ketones is 1. The number of hydrogen-bond donors (Lipinski definition) is 0. The number of aromatic nitrogens is 2. The lowest BCUT2D eigenvalue weighted by molar-refractivity contribution is 0.101. The van der Waals surface area contributed by atoms with Gasteiger partial charge < -0.3 is 0 Å². The third kappa shape index (κ3) is 1.32. The highest BCUT2D eigenvalue weighted by atomic mass is 16.1. The Morgan fingerprint density at radius 3 is 3.22 bits per heavy atom. The topological polar surface area (TPSA) is 42.9 Å². The first kappa shape index (κ1) is 3.06. The molecule has 0 atom stereocenters. The number of nitrogens with zero attached hydrogens (tertiary/aromatic N) is 2. The smallest absolute Gasteiger partial charge is 0.179 e. The van der Waals surface area contributed by atoms with Crippen LogP contribution in [0.25, 0.3) is 0 Å². The van der Waals surface area contributed by atoms with E-state index in [1.54, 1.807) is 0 Å². The summed E-state index contributed by atoms with van der Waals surface area (Å²) in [6.45, 7) is -2.63. The highest BCUT2D eigenvalue weighted by Gasteiger charge is 1.96. The maximum atomic E-state index is 11.0. The molecule has 1 aromatic rings.